The number of sulfone groups is 1. The van der Waals surface area contributed by atoms with Gasteiger partial charge in [-0.3, -0.25) is 14.7 Å². The van der Waals surface area contributed by atoms with Crippen LogP contribution in [0.1, 0.15) is 12.6 Å². The highest BCUT2D eigenvalue weighted by Crippen LogP contribution is 2.32. The third-order valence-corrected chi connectivity index (χ3v) is 7.31. The van der Waals surface area contributed by atoms with Crippen molar-refractivity contribution in [2.75, 3.05) is 17.3 Å². The molecule has 4 aromatic rings. The molecule has 1 amide bonds. The predicted molar refractivity (Wildman–Crippen MR) is 125 cm³/mol. The van der Waals surface area contributed by atoms with Gasteiger partial charge in [-0.2, -0.15) is 0 Å². The molecule has 0 unspecified atom stereocenters. The molecule has 2 heterocycles. The van der Waals surface area contributed by atoms with Crippen LogP contribution in [-0.4, -0.2) is 36.7 Å². The quantitative estimate of drug-likeness (QED) is 0.388. The molecular weight excluding hydrogens is 446 g/mol. The van der Waals surface area contributed by atoms with E-state index in [0.29, 0.717) is 28.7 Å². The number of benzene rings is 2. The number of fused-ring (bicyclic) bond motifs is 1. The molecule has 4 rings (SSSR count). The topological polar surface area (TPSA) is 89.5 Å². The van der Waals surface area contributed by atoms with Gasteiger partial charge in [-0.25, -0.2) is 13.4 Å². The highest BCUT2D eigenvalue weighted by molar-refractivity contribution is 7.92. The van der Waals surface area contributed by atoms with Crippen molar-refractivity contribution in [2.45, 2.75) is 18.4 Å². The van der Waals surface area contributed by atoms with Gasteiger partial charge < -0.3 is 4.74 Å². The van der Waals surface area contributed by atoms with Gasteiger partial charge in [-0.1, -0.05) is 35.6 Å². The van der Waals surface area contributed by atoms with E-state index in [2.05, 4.69) is 9.97 Å². The van der Waals surface area contributed by atoms with Crippen LogP contribution in [0.2, 0.25) is 0 Å². The fourth-order valence-corrected chi connectivity index (χ4v) is 5.36. The van der Waals surface area contributed by atoms with Crippen LogP contribution in [-0.2, 0) is 21.2 Å². The van der Waals surface area contributed by atoms with Gasteiger partial charge in [-0.15, -0.1) is 0 Å². The monoisotopic (exact) mass is 467 g/mol. The molecule has 2 aromatic carbocycles. The second kappa shape index (κ2) is 9.46. The summed E-state index contributed by atoms with van der Waals surface area (Å²) in [5, 5.41) is 0.410. The maximum atomic E-state index is 13.2. The SMILES string of the molecule is CCOc1ccc2nc(N(Cc3ccccn3)C(=O)CS(=O)(=O)c3ccccc3)sc2c1. The van der Waals surface area contributed by atoms with Crippen molar-refractivity contribution in [3.05, 3.63) is 78.6 Å². The zero-order valence-corrected chi connectivity index (χ0v) is 19.0. The van der Waals surface area contributed by atoms with E-state index in [-0.39, 0.29) is 11.4 Å². The van der Waals surface area contributed by atoms with Crippen LogP contribution in [0.3, 0.4) is 0 Å². The maximum Gasteiger partial charge on any atom is 0.244 e. The van der Waals surface area contributed by atoms with E-state index in [1.807, 2.05) is 31.2 Å². The van der Waals surface area contributed by atoms with Crippen molar-refractivity contribution < 1.29 is 17.9 Å². The molecule has 0 spiro atoms. The van der Waals surface area contributed by atoms with E-state index in [1.54, 1.807) is 36.5 Å². The molecule has 9 heteroatoms. The predicted octanol–water partition coefficient (Wildman–Crippen LogP) is 4.10. The number of hydrogen-bond acceptors (Lipinski definition) is 7. The van der Waals surface area contributed by atoms with Gasteiger partial charge in [-0.05, 0) is 49.4 Å². The summed E-state index contributed by atoms with van der Waals surface area (Å²) in [4.78, 5) is 23.6. The minimum atomic E-state index is -3.80. The van der Waals surface area contributed by atoms with Gasteiger partial charge in [0.05, 0.1) is 34.0 Å². The lowest BCUT2D eigenvalue weighted by molar-refractivity contribution is -0.116. The Morgan fingerprint density at radius 3 is 2.56 bits per heavy atom. The normalized spacial score (nSPS) is 11.4. The largest absolute Gasteiger partial charge is 0.494 e. The highest BCUT2D eigenvalue weighted by Gasteiger charge is 2.27. The standard InChI is InChI=1S/C23H21N3O4S2/c1-2-30-18-11-12-20-21(14-18)31-23(25-20)26(15-17-8-6-7-13-24-17)22(27)16-32(28,29)19-9-4-3-5-10-19/h3-14H,2,15-16H2,1H3. The number of amides is 1. The van der Waals surface area contributed by atoms with E-state index in [0.717, 1.165) is 4.70 Å². The molecule has 164 valence electrons. The first-order chi connectivity index (χ1) is 15.5. The first kappa shape index (κ1) is 21.9. The summed E-state index contributed by atoms with van der Waals surface area (Å²) in [6, 6.07) is 18.9. The molecular formula is C23H21N3O4S2. The molecule has 0 saturated carbocycles. The van der Waals surface area contributed by atoms with Gasteiger partial charge in [0, 0.05) is 6.20 Å². The van der Waals surface area contributed by atoms with Crippen LogP contribution in [0.25, 0.3) is 10.2 Å². The van der Waals surface area contributed by atoms with Crippen LogP contribution < -0.4 is 9.64 Å². The minimum Gasteiger partial charge on any atom is -0.494 e. The van der Waals surface area contributed by atoms with Crippen molar-refractivity contribution in [1.29, 1.82) is 0 Å². The summed E-state index contributed by atoms with van der Waals surface area (Å²) in [6.07, 6.45) is 1.63. The Labute approximate surface area is 190 Å². The Bertz CT molecular complexity index is 1320. The molecule has 2 aromatic heterocycles. The van der Waals surface area contributed by atoms with Crippen LogP contribution in [0.4, 0.5) is 5.13 Å². The summed E-state index contributed by atoms with van der Waals surface area (Å²) in [6.45, 7) is 2.56. The van der Waals surface area contributed by atoms with Crippen LogP contribution >= 0.6 is 11.3 Å². The van der Waals surface area contributed by atoms with Crippen LogP contribution in [0, 0.1) is 0 Å². The van der Waals surface area contributed by atoms with Gasteiger partial charge in [0.1, 0.15) is 11.5 Å². The Morgan fingerprint density at radius 2 is 1.84 bits per heavy atom. The summed E-state index contributed by atoms with van der Waals surface area (Å²) < 4.78 is 32.0. The number of pyridine rings is 1. The third-order valence-electron chi connectivity index (χ3n) is 4.65. The number of carbonyl (C=O) groups excluding carboxylic acids is 1. The highest BCUT2D eigenvalue weighted by atomic mass is 32.2. The lowest BCUT2D eigenvalue weighted by Gasteiger charge is -2.19. The molecule has 0 atom stereocenters. The second-order valence-corrected chi connectivity index (χ2v) is 9.93. The van der Waals surface area contributed by atoms with Crippen molar-refractivity contribution in [1.82, 2.24) is 9.97 Å². The van der Waals surface area contributed by atoms with E-state index in [4.69, 9.17) is 4.74 Å². The zero-order valence-electron chi connectivity index (χ0n) is 17.3. The molecule has 0 fully saturated rings. The first-order valence-electron chi connectivity index (χ1n) is 9.98. The van der Waals surface area contributed by atoms with Crippen molar-refractivity contribution in [3.63, 3.8) is 0 Å². The van der Waals surface area contributed by atoms with E-state index < -0.39 is 21.5 Å². The molecule has 0 aliphatic heterocycles. The maximum absolute atomic E-state index is 13.2. The fraction of sp³-hybridized carbons (Fsp3) is 0.174. The Hall–Kier alpha value is -3.30. The number of anilines is 1. The lowest BCUT2D eigenvalue weighted by Crippen LogP contribution is -2.35. The van der Waals surface area contributed by atoms with Gasteiger partial charge in [0.2, 0.25) is 5.91 Å². The number of aromatic nitrogens is 2. The Balaban J connectivity index is 1.68. The molecule has 0 radical (unpaired) electrons. The number of thiazole rings is 1. The average molecular weight is 468 g/mol. The Morgan fingerprint density at radius 1 is 1.06 bits per heavy atom. The third kappa shape index (κ3) is 4.95. The van der Waals surface area contributed by atoms with E-state index in [9.17, 15) is 13.2 Å². The summed E-state index contributed by atoms with van der Waals surface area (Å²) in [5.74, 6) is -0.516. The van der Waals surface area contributed by atoms with Gasteiger partial charge >= 0.3 is 0 Å². The van der Waals surface area contributed by atoms with Crippen molar-refractivity contribution in [3.8, 4) is 5.75 Å². The van der Waals surface area contributed by atoms with Crippen molar-refractivity contribution >= 4 is 42.4 Å². The first-order valence-corrected chi connectivity index (χ1v) is 12.4. The van der Waals surface area contributed by atoms with Crippen LogP contribution in [0.5, 0.6) is 5.75 Å². The lowest BCUT2D eigenvalue weighted by atomic mass is 10.3. The average Bonchev–Trinajstić information content (AvgIpc) is 3.21. The molecule has 0 aliphatic rings. The number of hydrogen-bond donors (Lipinski definition) is 0. The molecule has 0 aliphatic carbocycles. The molecule has 32 heavy (non-hydrogen) atoms. The van der Waals surface area contributed by atoms with Gasteiger partial charge in [0.15, 0.2) is 15.0 Å². The smallest absolute Gasteiger partial charge is 0.244 e. The summed E-state index contributed by atoms with van der Waals surface area (Å²) in [7, 11) is -3.80. The number of carbonyl (C=O) groups is 1. The minimum absolute atomic E-state index is 0.108. The molecule has 0 N–H and O–H groups in total. The number of nitrogens with zero attached hydrogens (tertiary/aromatic N) is 3. The Kier molecular flexibility index (Phi) is 6.48. The number of rotatable bonds is 8. The van der Waals surface area contributed by atoms with E-state index >= 15 is 0 Å². The second-order valence-electron chi connectivity index (χ2n) is 6.93. The fourth-order valence-electron chi connectivity index (χ4n) is 3.13. The van der Waals surface area contributed by atoms with E-state index in [1.165, 1.54) is 28.4 Å². The van der Waals surface area contributed by atoms with Gasteiger partial charge in [0.25, 0.3) is 0 Å². The zero-order chi connectivity index (χ0) is 22.6. The number of ether oxygens (including phenoxy) is 1. The molecule has 0 bridgehead atoms. The summed E-state index contributed by atoms with van der Waals surface area (Å²) >= 11 is 1.31. The summed E-state index contributed by atoms with van der Waals surface area (Å²) in [5.41, 5.74) is 1.34. The van der Waals surface area contributed by atoms with Crippen LogP contribution in [0.15, 0.2) is 77.8 Å². The molecule has 0 saturated heterocycles. The molecule has 7 nitrogen and oxygen atoms in total. The van der Waals surface area contributed by atoms with Crippen molar-refractivity contribution in [2.24, 2.45) is 0 Å².